The molecule has 8 nitrogen and oxygen atoms in total. The van der Waals surface area contributed by atoms with E-state index in [0.29, 0.717) is 32.2 Å². The number of carbonyl (C=O) groups is 2. The summed E-state index contributed by atoms with van der Waals surface area (Å²) in [6.07, 6.45) is -0.862. The maximum Gasteiger partial charge on any atom is 0.434 e. The summed E-state index contributed by atoms with van der Waals surface area (Å²) in [5, 5.41) is 6.50. The Hall–Kier alpha value is -1.92. The van der Waals surface area contributed by atoms with Crippen molar-refractivity contribution in [1.82, 2.24) is 25.0 Å². The Morgan fingerprint density at radius 1 is 1.13 bits per heavy atom. The largest absolute Gasteiger partial charge is 0.434 e. The van der Waals surface area contributed by atoms with E-state index in [2.05, 4.69) is 20.5 Å². The van der Waals surface area contributed by atoms with Gasteiger partial charge in [0.15, 0.2) is 10.8 Å². The molecular formula is C18H25F3N6O2S. The molecule has 12 heteroatoms. The first kappa shape index (κ1) is 21.3. The minimum atomic E-state index is -4.53. The van der Waals surface area contributed by atoms with E-state index in [1.165, 1.54) is 24.2 Å². The molecule has 3 aliphatic rings. The van der Waals surface area contributed by atoms with E-state index in [9.17, 15) is 22.8 Å². The number of alkyl halides is 3. The van der Waals surface area contributed by atoms with Crippen LogP contribution < -0.4 is 10.6 Å². The van der Waals surface area contributed by atoms with E-state index in [0.717, 1.165) is 36.4 Å². The number of rotatable bonds is 3. The number of halogens is 3. The van der Waals surface area contributed by atoms with Gasteiger partial charge in [-0.25, -0.2) is 9.78 Å². The van der Waals surface area contributed by atoms with Crippen molar-refractivity contribution in [1.29, 1.82) is 0 Å². The average Bonchev–Trinajstić information content (AvgIpc) is 3.15. The summed E-state index contributed by atoms with van der Waals surface area (Å²) in [6.45, 7) is 3.94. The fourth-order valence-corrected chi connectivity index (χ4v) is 4.71. The van der Waals surface area contributed by atoms with Gasteiger partial charge >= 0.3 is 12.2 Å². The second-order valence-electron chi connectivity index (χ2n) is 7.86. The van der Waals surface area contributed by atoms with Crippen LogP contribution >= 0.6 is 11.3 Å². The first-order valence-corrected chi connectivity index (χ1v) is 11.0. The summed E-state index contributed by atoms with van der Waals surface area (Å²) >= 11 is 0.735. The minimum absolute atomic E-state index is 0.0498. The number of piperazine rings is 2. The molecule has 4 rings (SSSR count). The first-order valence-electron chi connectivity index (χ1n) is 10.2. The Balaban J connectivity index is 1.25. The number of hydrogen-bond acceptors (Lipinski definition) is 6. The second-order valence-corrected chi connectivity index (χ2v) is 8.72. The van der Waals surface area contributed by atoms with Crippen LogP contribution in [0.15, 0.2) is 5.38 Å². The van der Waals surface area contributed by atoms with Gasteiger partial charge in [-0.15, -0.1) is 11.3 Å². The highest BCUT2D eigenvalue weighted by Crippen LogP contribution is 2.31. The molecule has 166 valence electrons. The lowest BCUT2D eigenvalue weighted by molar-refractivity contribution is -0.140. The lowest BCUT2D eigenvalue weighted by atomic mass is 9.90. The van der Waals surface area contributed by atoms with Crippen molar-refractivity contribution in [2.45, 2.75) is 37.5 Å². The SMILES string of the molecule is O=C(Nc1nc(C(F)(F)F)cs1)N1CCN(C(=O)C2CN(C3CCC3)CCN2)CC1. The van der Waals surface area contributed by atoms with Crippen LogP contribution in [0.25, 0.3) is 0 Å². The third-order valence-corrected chi connectivity index (χ3v) is 6.74. The Morgan fingerprint density at radius 2 is 1.83 bits per heavy atom. The fourth-order valence-electron chi connectivity index (χ4n) is 4.00. The smallest absolute Gasteiger partial charge is 0.338 e. The number of amides is 3. The van der Waals surface area contributed by atoms with Crippen molar-refractivity contribution in [2.24, 2.45) is 0 Å². The van der Waals surface area contributed by atoms with Crippen molar-refractivity contribution in [3.63, 3.8) is 0 Å². The van der Waals surface area contributed by atoms with Gasteiger partial charge in [0.1, 0.15) is 0 Å². The topological polar surface area (TPSA) is 80.8 Å². The number of carbonyl (C=O) groups excluding carboxylic acids is 2. The molecule has 0 bridgehead atoms. The van der Waals surface area contributed by atoms with Crippen LogP contribution in [0.5, 0.6) is 0 Å². The molecule has 1 unspecified atom stereocenters. The Labute approximate surface area is 176 Å². The van der Waals surface area contributed by atoms with Crippen LogP contribution in [0.1, 0.15) is 25.0 Å². The first-order chi connectivity index (χ1) is 14.3. The highest BCUT2D eigenvalue weighted by Gasteiger charge is 2.36. The molecule has 3 heterocycles. The summed E-state index contributed by atoms with van der Waals surface area (Å²) < 4.78 is 37.9. The van der Waals surface area contributed by atoms with Crippen molar-refractivity contribution in [3.05, 3.63) is 11.1 Å². The molecule has 2 N–H and O–H groups in total. The quantitative estimate of drug-likeness (QED) is 0.738. The molecule has 1 aromatic heterocycles. The molecule has 30 heavy (non-hydrogen) atoms. The predicted molar refractivity (Wildman–Crippen MR) is 105 cm³/mol. The summed E-state index contributed by atoms with van der Waals surface area (Å²) in [4.78, 5) is 34.3. The van der Waals surface area contributed by atoms with Crippen LogP contribution in [0.3, 0.4) is 0 Å². The predicted octanol–water partition coefficient (Wildman–Crippen LogP) is 1.66. The standard InChI is InChI=1S/C18H25F3N6O2S/c19-18(20,21)14-11-30-16(23-14)24-17(29)26-8-6-25(7-9-26)15(28)13-10-27(5-4-22-13)12-2-1-3-12/h11-13,22H,1-10H2,(H,23,24,29). The number of urea groups is 1. The van der Waals surface area contributed by atoms with Gasteiger partial charge in [-0.3, -0.25) is 15.0 Å². The minimum Gasteiger partial charge on any atom is -0.338 e. The lowest BCUT2D eigenvalue weighted by Crippen LogP contribution is -2.62. The van der Waals surface area contributed by atoms with Crippen molar-refractivity contribution < 1.29 is 22.8 Å². The molecule has 0 aromatic carbocycles. The summed E-state index contributed by atoms with van der Waals surface area (Å²) in [5.74, 6) is 0.0498. The van der Waals surface area contributed by atoms with Crippen LogP contribution in [0.2, 0.25) is 0 Å². The number of thiazole rings is 1. The zero-order valence-corrected chi connectivity index (χ0v) is 17.3. The van der Waals surface area contributed by atoms with E-state index < -0.39 is 17.9 Å². The molecule has 1 aromatic rings. The molecule has 2 aliphatic heterocycles. The van der Waals surface area contributed by atoms with Gasteiger partial charge in [0.25, 0.3) is 0 Å². The van der Waals surface area contributed by atoms with E-state index in [1.807, 2.05) is 0 Å². The van der Waals surface area contributed by atoms with Gasteiger partial charge in [-0.05, 0) is 12.8 Å². The lowest BCUT2D eigenvalue weighted by Gasteiger charge is -2.44. The van der Waals surface area contributed by atoms with Gasteiger partial charge in [0, 0.05) is 57.2 Å². The maximum atomic E-state index is 12.9. The van der Waals surface area contributed by atoms with Crippen LogP contribution in [-0.4, -0.2) is 89.5 Å². The van der Waals surface area contributed by atoms with E-state index >= 15 is 0 Å². The third-order valence-electron chi connectivity index (χ3n) is 5.98. The van der Waals surface area contributed by atoms with Crippen LogP contribution in [-0.2, 0) is 11.0 Å². The summed E-state index contributed by atoms with van der Waals surface area (Å²) in [7, 11) is 0. The normalized spacial score (nSPS) is 23.9. The zero-order valence-electron chi connectivity index (χ0n) is 16.5. The van der Waals surface area contributed by atoms with Crippen molar-refractivity contribution >= 4 is 28.4 Å². The fraction of sp³-hybridized carbons (Fsp3) is 0.722. The molecule has 0 spiro atoms. The third kappa shape index (κ3) is 4.70. The summed E-state index contributed by atoms with van der Waals surface area (Å²) in [6, 6.07) is -0.125. The van der Waals surface area contributed by atoms with Gasteiger partial charge in [0.05, 0.1) is 6.04 Å². The Morgan fingerprint density at radius 3 is 2.43 bits per heavy atom. The molecule has 1 aliphatic carbocycles. The Kier molecular flexibility index (Phi) is 6.16. The highest BCUT2D eigenvalue weighted by atomic mass is 32.1. The molecule has 0 radical (unpaired) electrons. The monoisotopic (exact) mass is 446 g/mol. The number of nitrogens with one attached hydrogen (secondary N) is 2. The molecule has 1 saturated carbocycles. The van der Waals surface area contributed by atoms with Crippen LogP contribution in [0.4, 0.5) is 23.1 Å². The van der Waals surface area contributed by atoms with Gasteiger partial charge in [-0.1, -0.05) is 6.42 Å². The number of anilines is 1. The molecule has 3 fully saturated rings. The van der Waals surface area contributed by atoms with Crippen LogP contribution in [0, 0.1) is 0 Å². The molecule has 3 amide bonds. The molecular weight excluding hydrogens is 421 g/mol. The van der Waals surface area contributed by atoms with Gasteiger partial charge in [0.2, 0.25) is 5.91 Å². The van der Waals surface area contributed by atoms with E-state index in [1.54, 1.807) is 4.90 Å². The van der Waals surface area contributed by atoms with Gasteiger partial charge < -0.3 is 15.1 Å². The second kappa shape index (κ2) is 8.67. The van der Waals surface area contributed by atoms with Crippen molar-refractivity contribution in [2.75, 3.05) is 51.1 Å². The van der Waals surface area contributed by atoms with E-state index in [4.69, 9.17) is 0 Å². The number of hydrogen-bond donors (Lipinski definition) is 2. The zero-order chi connectivity index (χ0) is 21.3. The molecule has 2 saturated heterocycles. The maximum absolute atomic E-state index is 12.9. The Bertz CT molecular complexity index is 776. The number of aromatic nitrogens is 1. The van der Waals surface area contributed by atoms with Gasteiger partial charge in [-0.2, -0.15) is 13.2 Å². The van der Waals surface area contributed by atoms with E-state index in [-0.39, 0.29) is 17.1 Å². The molecule has 1 atom stereocenters. The van der Waals surface area contributed by atoms with Crippen molar-refractivity contribution in [3.8, 4) is 0 Å². The average molecular weight is 446 g/mol. The number of nitrogens with zero attached hydrogens (tertiary/aromatic N) is 4. The summed E-state index contributed by atoms with van der Waals surface area (Å²) in [5.41, 5.74) is -1.02. The highest BCUT2D eigenvalue weighted by molar-refractivity contribution is 7.13.